The minimum absolute atomic E-state index is 0.0686. The number of likely N-dealkylation sites (tertiary alicyclic amines) is 1. The van der Waals surface area contributed by atoms with Crippen LogP contribution in [-0.4, -0.2) is 69.6 Å². The first kappa shape index (κ1) is 38.0. The van der Waals surface area contributed by atoms with Gasteiger partial charge in [-0.1, -0.05) is 83.4 Å². The second-order valence-corrected chi connectivity index (χ2v) is 13.4. The number of unbranched alkanes of at least 4 members (excludes halogenated alkanes) is 2. The molecule has 1 aliphatic heterocycles. The summed E-state index contributed by atoms with van der Waals surface area (Å²) in [5.41, 5.74) is 14.2. The minimum Gasteiger partial charge on any atom is -0.390 e. The minimum atomic E-state index is -1.49. The van der Waals surface area contributed by atoms with Gasteiger partial charge < -0.3 is 26.8 Å². The molecule has 1 saturated heterocycles. The molecule has 10 nitrogen and oxygen atoms in total. The Labute approximate surface area is 280 Å². The molecule has 1 aromatic carbocycles. The molecule has 1 fully saturated rings. The van der Waals surface area contributed by atoms with E-state index in [2.05, 4.69) is 10.3 Å². The highest BCUT2D eigenvalue weighted by Gasteiger charge is 2.40. The Hall–Kier alpha value is -3.47. The summed E-state index contributed by atoms with van der Waals surface area (Å²) in [5, 5.41) is 14.2. The summed E-state index contributed by atoms with van der Waals surface area (Å²) in [7, 11) is 0. The Kier molecular flexibility index (Phi) is 15.2. The number of Topliss-reactive ketones (excluding diaryl/α,β-unsaturated/α-hetero) is 2. The Morgan fingerprint density at radius 2 is 1.74 bits per heavy atom. The lowest BCUT2D eigenvalue weighted by atomic mass is 9.85. The predicted octanol–water partition coefficient (Wildman–Crippen LogP) is 3.75. The van der Waals surface area contributed by atoms with Crippen LogP contribution >= 0.6 is 0 Å². The highest BCUT2D eigenvalue weighted by Crippen LogP contribution is 2.26. The highest BCUT2D eigenvalue weighted by molar-refractivity contribution is 6.04. The molecule has 1 aliphatic rings. The Morgan fingerprint density at radius 1 is 1.04 bits per heavy atom. The summed E-state index contributed by atoms with van der Waals surface area (Å²) in [6.45, 7) is 8.88. The van der Waals surface area contributed by atoms with Crippen LogP contribution in [-0.2, 0) is 25.6 Å². The molecule has 258 valence electrons. The quantitative estimate of drug-likeness (QED) is 0.124. The summed E-state index contributed by atoms with van der Waals surface area (Å²) < 4.78 is 0. The van der Waals surface area contributed by atoms with Crippen molar-refractivity contribution in [3.63, 3.8) is 0 Å². The van der Waals surface area contributed by atoms with Gasteiger partial charge >= 0.3 is 0 Å². The van der Waals surface area contributed by atoms with Gasteiger partial charge in [0.15, 0.2) is 5.78 Å². The number of aliphatic hydroxyl groups excluding tert-OH is 1. The summed E-state index contributed by atoms with van der Waals surface area (Å²) in [6.07, 6.45) is 4.82. The molecule has 6 N–H and O–H groups in total. The first-order valence-corrected chi connectivity index (χ1v) is 17.3. The van der Waals surface area contributed by atoms with Crippen molar-refractivity contribution in [3.8, 4) is 0 Å². The van der Waals surface area contributed by atoms with E-state index in [9.17, 15) is 24.3 Å². The lowest BCUT2D eigenvalue weighted by Gasteiger charge is -2.31. The van der Waals surface area contributed by atoms with Crippen LogP contribution < -0.4 is 16.8 Å². The number of hydrogen-bond donors (Lipinski definition) is 4. The monoisotopic (exact) mass is 649 g/mol. The molecule has 47 heavy (non-hydrogen) atoms. The summed E-state index contributed by atoms with van der Waals surface area (Å²) in [4.78, 5) is 60.3. The molecule has 1 aromatic heterocycles. The van der Waals surface area contributed by atoms with Gasteiger partial charge in [-0.15, -0.1) is 0 Å². The van der Waals surface area contributed by atoms with Crippen LogP contribution in [0.3, 0.4) is 0 Å². The fourth-order valence-corrected chi connectivity index (χ4v) is 6.37. The topological polar surface area (TPSA) is 169 Å². The van der Waals surface area contributed by atoms with Crippen molar-refractivity contribution >= 4 is 23.4 Å². The van der Waals surface area contributed by atoms with Gasteiger partial charge in [0.05, 0.1) is 17.8 Å². The maximum Gasteiger partial charge on any atom is 0.234 e. The van der Waals surface area contributed by atoms with Crippen LogP contribution in [0.2, 0.25) is 0 Å². The number of hydrogen-bond acceptors (Lipinski definition) is 8. The molecule has 2 aromatic rings. The SMILES string of the molecule is CCCCCC(=O)C(C(=O)NC(C(=O)[C@@H](N)[C@@H](C)CC)c1ccccn1)C(O)C(N)CC(C)CN1CC[C@H](Cc2ccccc2)C1=O. The number of benzene rings is 1. The molecule has 10 heteroatoms. The van der Waals surface area contributed by atoms with Gasteiger partial charge in [0, 0.05) is 37.7 Å². The van der Waals surface area contributed by atoms with Crippen LogP contribution in [0.5, 0.6) is 0 Å². The molecule has 8 atom stereocenters. The highest BCUT2D eigenvalue weighted by atomic mass is 16.3. The number of pyridine rings is 1. The second-order valence-electron chi connectivity index (χ2n) is 13.4. The van der Waals surface area contributed by atoms with Crippen LogP contribution in [0.25, 0.3) is 0 Å². The van der Waals surface area contributed by atoms with E-state index in [0.29, 0.717) is 44.5 Å². The van der Waals surface area contributed by atoms with Crippen molar-refractivity contribution in [1.82, 2.24) is 15.2 Å². The van der Waals surface area contributed by atoms with E-state index in [1.807, 2.05) is 62.9 Å². The van der Waals surface area contributed by atoms with Crippen LogP contribution in [0.1, 0.15) is 89.9 Å². The normalized spacial score (nSPS) is 19.3. The lowest BCUT2D eigenvalue weighted by molar-refractivity contribution is -0.142. The zero-order valence-electron chi connectivity index (χ0n) is 28.5. The second kappa shape index (κ2) is 18.8. The molecule has 2 amide bonds. The molecule has 3 rings (SSSR count). The van der Waals surface area contributed by atoms with Gasteiger partial charge in [0.25, 0.3) is 0 Å². The standard InChI is InChI=1S/C37H55N5O5/c1-5-7-9-17-30(43)31(36(46)41-33(29-16-12-13-19-40-29)35(45)32(39)25(4)6-2)34(44)28(38)21-24(3)23-42-20-18-27(37(42)47)22-26-14-10-8-11-15-26/h8,10-16,19,24-25,27-28,31-34,44H,5-7,9,17-18,20-23,38-39H2,1-4H3,(H,41,46)/t24?,25-,27+,28?,31?,32-,33?,34?/m0/s1. The average Bonchev–Trinajstić information content (AvgIpc) is 3.40. The van der Waals surface area contributed by atoms with Crippen LogP contribution in [0, 0.1) is 23.7 Å². The van der Waals surface area contributed by atoms with Gasteiger partial charge in [0.2, 0.25) is 11.8 Å². The number of amides is 2. The molecule has 0 radical (unpaired) electrons. The number of nitrogens with two attached hydrogens (primary N) is 2. The van der Waals surface area contributed by atoms with Gasteiger partial charge in [-0.25, -0.2) is 0 Å². The van der Waals surface area contributed by atoms with E-state index >= 15 is 0 Å². The molecule has 5 unspecified atom stereocenters. The van der Waals surface area contributed by atoms with E-state index in [1.165, 1.54) is 6.20 Å². The van der Waals surface area contributed by atoms with Crippen molar-refractivity contribution in [2.45, 2.75) is 103 Å². The fourth-order valence-electron chi connectivity index (χ4n) is 6.37. The fraction of sp³-hybridized carbons (Fsp3) is 0.595. The van der Waals surface area contributed by atoms with Crippen LogP contribution in [0.15, 0.2) is 54.7 Å². The number of nitrogens with zero attached hydrogens (tertiary/aromatic N) is 2. The Balaban J connectivity index is 1.73. The van der Waals surface area contributed by atoms with Gasteiger partial charge in [-0.2, -0.15) is 0 Å². The van der Waals surface area contributed by atoms with E-state index in [1.54, 1.807) is 18.2 Å². The number of carbonyl (C=O) groups excluding carboxylic acids is 4. The molecular formula is C37H55N5O5. The van der Waals surface area contributed by atoms with Gasteiger partial charge in [0.1, 0.15) is 17.7 Å². The van der Waals surface area contributed by atoms with E-state index in [-0.39, 0.29) is 30.1 Å². The number of nitrogens with one attached hydrogen (secondary N) is 1. The number of aliphatic hydroxyl groups is 1. The predicted molar refractivity (Wildman–Crippen MR) is 183 cm³/mol. The Bertz CT molecular complexity index is 1290. The molecule has 0 saturated carbocycles. The van der Waals surface area contributed by atoms with E-state index < -0.39 is 47.6 Å². The summed E-state index contributed by atoms with van der Waals surface area (Å²) >= 11 is 0. The average molecular weight is 650 g/mol. The van der Waals surface area contributed by atoms with Crippen molar-refractivity contribution in [1.29, 1.82) is 0 Å². The molecule has 0 aliphatic carbocycles. The largest absolute Gasteiger partial charge is 0.390 e. The Morgan fingerprint density at radius 3 is 2.38 bits per heavy atom. The number of carbonyl (C=O) groups is 4. The molecule has 2 heterocycles. The zero-order valence-corrected chi connectivity index (χ0v) is 28.5. The van der Waals surface area contributed by atoms with Crippen molar-refractivity contribution in [2.24, 2.45) is 35.1 Å². The van der Waals surface area contributed by atoms with Gasteiger partial charge in [-0.05, 0) is 55.2 Å². The smallest absolute Gasteiger partial charge is 0.234 e. The molecule has 0 bridgehead atoms. The first-order valence-electron chi connectivity index (χ1n) is 17.3. The third-order valence-electron chi connectivity index (χ3n) is 9.52. The summed E-state index contributed by atoms with van der Waals surface area (Å²) in [6, 6.07) is 12.0. The number of rotatable bonds is 20. The third kappa shape index (κ3) is 10.8. The van der Waals surface area contributed by atoms with Crippen molar-refractivity contribution in [2.75, 3.05) is 13.1 Å². The maximum atomic E-state index is 13.9. The molecule has 0 spiro atoms. The van der Waals surface area contributed by atoms with E-state index in [4.69, 9.17) is 11.5 Å². The maximum absolute atomic E-state index is 13.9. The van der Waals surface area contributed by atoms with E-state index in [0.717, 1.165) is 24.8 Å². The first-order chi connectivity index (χ1) is 22.5. The number of aromatic nitrogens is 1. The zero-order chi connectivity index (χ0) is 34.5. The summed E-state index contributed by atoms with van der Waals surface area (Å²) in [5.74, 6) is -3.29. The molecular weight excluding hydrogens is 594 g/mol. The van der Waals surface area contributed by atoms with Crippen molar-refractivity contribution < 1.29 is 24.3 Å². The lowest BCUT2D eigenvalue weighted by Crippen LogP contribution is -2.53. The van der Waals surface area contributed by atoms with Crippen LogP contribution in [0.4, 0.5) is 0 Å². The third-order valence-corrected chi connectivity index (χ3v) is 9.52. The van der Waals surface area contributed by atoms with Crippen molar-refractivity contribution in [3.05, 3.63) is 66.0 Å². The number of ketones is 2. The van der Waals surface area contributed by atoms with Gasteiger partial charge in [-0.3, -0.25) is 24.2 Å².